The number of hydrogen-bond acceptors (Lipinski definition) is 3. The summed E-state index contributed by atoms with van der Waals surface area (Å²) in [7, 11) is 0. The van der Waals surface area contributed by atoms with Crippen LogP contribution in [0.2, 0.25) is 0 Å². The van der Waals surface area contributed by atoms with E-state index in [2.05, 4.69) is 24.1 Å². The molecule has 32 heavy (non-hydrogen) atoms. The number of fused-ring (bicyclic) bond motifs is 5. The number of aromatic nitrogens is 1. The summed E-state index contributed by atoms with van der Waals surface area (Å²) < 4.78 is 13.2. The molecule has 4 aliphatic carbocycles. The first-order valence-corrected chi connectivity index (χ1v) is 12.8. The number of aliphatic hydroxyl groups is 1. The van der Waals surface area contributed by atoms with Gasteiger partial charge in [-0.2, -0.15) is 0 Å². The Morgan fingerprint density at radius 2 is 1.88 bits per heavy atom. The summed E-state index contributed by atoms with van der Waals surface area (Å²) in [6.07, 6.45) is 11.8. The molecule has 0 radical (unpaired) electrons. The molecule has 1 aromatic heterocycles. The molecule has 1 aromatic rings. The van der Waals surface area contributed by atoms with Gasteiger partial charge in [0.05, 0.1) is 11.8 Å². The highest BCUT2D eigenvalue weighted by Crippen LogP contribution is 2.65. The summed E-state index contributed by atoms with van der Waals surface area (Å²) in [5.41, 5.74) is 0.105. The molecule has 0 bridgehead atoms. The summed E-state index contributed by atoms with van der Waals surface area (Å²) in [4.78, 5) is 16.7. The molecular formula is C27H39FN2O2. The van der Waals surface area contributed by atoms with Crippen molar-refractivity contribution in [3.63, 3.8) is 0 Å². The molecule has 9 atom stereocenters. The maximum atomic E-state index is 13.2. The Kier molecular flexibility index (Phi) is 5.63. The minimum absolute atomic E-state index is 0.0852. The van der Waals surface area contributed by atoms with E-state index in [1.165, 1.54) is 57.1 Å². The normalized spacial score (nSPS) is 44.2. The number of nitrogens with one attached hydrogen (secondary N) is 1. The fourth-order valence-corrected chi connectivity index (χ4v) is 8.83. The Morgan fingerprint density at radius 3 is 2.62 bits per heavy atom. The lowest BCUT2D eigenvalue weighted by Gasteiger charge is -2.57. The molecular weight excluding hydrogens is 403 g/mol. The van der Waals surface area contributed by atoms with Gasteiger partial charge in [0.1, 0.15) is 11.5 Å². The van der Waals surface area contributed by atoms with E-state index in [0.717, 1.165) is 42.7 Å². The first-order chi connectivity index (χ1) is 15.2. The minimum atomic E-state index is -0.456. The molecule has 2 N–H and O–H groups in total. The molecule has 0 aliphatic heterocycles. The van der Waals surface area contributed by atoms with E-state index in [0.29, 0.717) is 11.8 Å². The van der Waals surface area contributed by atoms with Crippen LogP contribution in [0.4, 0.5) is 4.39 Å². The number of pyridine rings is 1. The van der Waals surface area contributed by atoms with Crippen molar-refractivity contribution < 1.29 is 14.3 Å². The van der Waals surface area contributed by atoms with Gasteiger partial charge in [0.15, 0.2) is 0 Å². The van der Waals surface area contributed by atoms with E-state index in [1.54, 1.807) is 0 Å². The summed E-state index contributed by atoms with van der Waals surface area (Å²) in [5.74, 6) is 3.75. The van der Waals surface area contributed by atoms with Crippen LogP contribution in [0.5, 0.6) is 0 Å². The Morgan fingerprint density at radius 1 is 1.09 bits per heavy atom. The summed E-state index contributed by atoms with van der Waals surface area (Å²) >= 11 is 0. The van der Waals surface area contributed by atoms with Crippen LogP contribution in [0.1, 0.15) is 89.0 Å². The molecule has 5 rings (SSSR count). The number of carbonyl (C=O) groups excluding carboxylic acids is 1. The van der Waals surface area contributed by atoms with Crippen LogP contribution in [0.3, 0.4) is 0 Å². The van der Waals surface area contributed by atoms with Gasteiger partial charge in [0.25, 0.3) is 5.91 Å². The van der Waals surface area contributed by atoms with Crippen molar-refractivity contribution in [1.29, 1.82) is 0 Å². The molecule has 5 heteroatoms. The van der Waals surface area contributed by atoms with Crippen molar-refractivity contribution in [1.82, 2.24) is 10.3 Å². The predicted octanol–water partition coefficient (Wildman–Crippen LogP) is 5.36. The summed E-state index contributed by atoms with van der Waals surface area (Å²) in [5, 5.41) is 13.8. The SMILES string of the molecule is C[C@@H](NC(=O)c1ccc(F)cn1)C1CC[C@H]2[C@@H]3CC[C@@H]4C[C@](C)(O)CC[C@@H]4[C@H]3CC[C@]12C. The standard InChI is InChI=1S/C27H39FN2O2/c1-16(30-25(31)24-9-5-18(28)15-29-24)22-7-8-23-21-6-4-17-14-26(2,32)12-10-19(17)20(21)11-13-27(22,23)3/h5,9,15-17,19-23,32H,4,6-8,10-14H2,1-3H3,(H,30,31)/t16-,17-,19+,20-,21-,22?,23+,26-,27-/m1/s1. The second-order valence-electron chi connectivity index (χ2n) is 12.0. The quantitative estimate of drug-likeness (QED) is 0.662. The van der Waals surface area contributed by atoms with Gasteiger partial charge in [-0.1, -0.05) is 6.92 Å². The van der Waals surface area contributed by atoms with Gasteiger partial charge in [-0.15, -0.1) is 0 Å². The van der Waals surface area contributed by atoms with Crippen LogP contribution < -0.4 is 5.32 Å². The molecule has 176 valence electrons. The van der Waals surface area contributed by atoms with Gasteiger partial charge < -0.3 is 10.4 Å². The third-order valence-electron chi connectivity index (χ3n) is 10.2. The zero-order chi connectivity index (χ0) is 22.7. The molecule has 0 saturated heterocycles. The molecule has 0 aromatic carbocycles. The van der Waals surface area contributed by atoms with Gasteiger partial charge >= 0.3 is 0 Å². The van der Waals surface area contributed by atoms with E-state index in [9.17, 15) is 14.3 Å². The first kappa shape index (κ1) is 22.3. The van der Waals surface area contributed by atoms with Gasteiger partial charge in [-0.05, 0) is 125 Å². The van der Waals surface area contributed by atoms with Crippen LogP contribution >= 0.6 is 0 Å². The van der Waals surface area contributed by atoms with Crippen molar-refractivity contribution >= 4 is 5.91 Å². The van der Waals surface area contributed by atoms with Crippen molar-refractivity contribution in [3.8, 4) is 0 Å². The van der Waals surface area contributed by atoms with Gasteiger partial charge in [-0.3, -0.25) is 4.79 Å². The average molecular weight is 443 g/mol. The van der Waals surface area contributed by atoms with Crippen LogP contribution in [0.25, 0.3) is 0 Å². The van der Waals surface area contributed by atoms with Crippen LogP contribution in [0.15, 0.2) is 18.3 Å². The van der Waals surface area contributed by atoms with Crippen molar-refractivity contribution in [2.75, 3.05) is 0 Å². The lowest BCUT2D eigenvalue weighted by molar-refractivity contribution is -0.101. The molecule has 4 nitrogen and oxygen atoms in total. The average Bonchev–Trinajstić information content (AvgIpc) is 3.10. The van der Waals surface area contributed by atoms with Crippen molar-refractivity contribution in [2.24, 2.45) is 40.9 Å². The molecule has 1 heterocycles. The summed E-state index contributed by atoms with van der Waals surface area (Å²) in [6, 6.07) is 2.84. The van der Waals surface area contributed by atoms with Crippen molar-refractivity contribution in [3.05, 3.63) is 29.8 Å². The number of carbonyl (C=O) groups is 1. The fraction of sp³-hybridized carbons (Fsp3) is 0.778. The lowest BCUT2D eigenvalue weighted by atomic mass is 9.49. The highest BCUT2D eigenvalue weighted by molar-refractivity contribution is 5.92. The molecule has 0 spiro atoms. The van der Waals surface area contributed by atoms with E-state index >= 15 is 0 Å². The van der Waals surface area contributed by atoms with Crippen LogP contribution in [-0.2, 0) is 0 Å². The Bertz CT molecular complexity index is 856. The highest BCUT2D eigenvalue weighted by atomic mass is 19.1. The van der Waals surface area contributed by atoms with Gasteiger partial charge in [-0.25, -0.2) is 9.37 Å². The van der Waals surface area contributed by atoms with Crippen LogP contribution in [-0.4, -0.2) is 27.6 Å². The first-order valence-electron chi connectivity index (χ1n) is 12.8. The number of halogens is 1. The maximum absolute atomic E-state index is 13.2. The molecule has 4 saturated carbocycles. The Labute approximate surface area is 191 Å². The number of amides is 1. The van der Waals surface area contributed by atoms with Gasteiger partial charge in [0, 0.05) is 6.04 Å². The molecule has 4 fully saturated rings. The molecule has 1 amide bonds. The number of rotatable bonds is 3. The topological polar surface area (TPSA) is 62.2 Å². The van der Waals surface area contributed by atoms with Crippen LogP contribution in [0, 0.1) is 46.7 Å². The zero-order valence-corrected chi connectivity index (χ0v) is 19.8. The van der Waals surface area contributed by atoms with E-state index < -0.39 is 11.4 Å². The third-order valence-corrected chi connectivity index (χ3v) is 10.2. The minimum Gasteiger partial charge on any atom is -0.390 e. The molecule has 1 unspecified atom stereocenters. The second-order valence-corrected chi connectivity index (χ2v) is 12.0. The largest absolute Gasteiger partial charge is 0.390 e. The molecule has 4 aliphatic rings. The monoisotopic (exact) mass is 442 g/mol. The third kappa shape index (κ3) is 3.78. The van der Waals surface area contributed by atoms with E-state index in [4.69, 9.17) is 0 Å². The Hall–Kier alpha value is -1.49. The Balaban J connectivity index is 1.27. The predicted molar refractivity (Wildman–Crippen MR) is 122 cm³/mol. The number of nitrogens with zero attached hydrogens (tertiary/aromatic N) is 1. The maximum Gasteiger partial charge on any atom is 0.270 e. The number of hydrogen-bond donors (Lipinski definition) is 2. The zero-order valence-electron chi connectivity index (χ0n) is 19.8. The summed E-state index contributed by atoms with van der Waals surface area (Å²) in [6.45, 7) is 6.67. The second kappa shape index (κ2) is 8.07. The lowest BCUT2D eigenvalue weighted by Crippen LogP contribution is -2.52. The highest BCUT2D eigenvalue weighted by Gasteiger charge is 2.58. The van der Waals surface area contributed by atoms with E-state index in [1.807, 2.05) is 6.92 Å². The van der Waals surface area contributed by atoms with Gasteiger partial charge in [0.2, 0.25) is 0 Å². The van der Waals surface area contributed by atoms with E-state index in [-0.39, 0.29) is 23.1 Å². The fourth-order valence-electron chi connectivity index (χ4n) is 8.83. The smallest absolute Gasteiger partial charge is 0.270 e. The van der Waals surface area contributed by atoms with Crippen molar-refractivity contribution in [2.45, 2.75) is 90.2 Å².